The van der Waals surface area contributed by atoms with Gasteiger partial charge < -0.3 is 24.1 Å². The number of halogens is 2. The van der Waals surface area contributed by atoms with Crippen LogP contribution in [-0.4, -0.2) is 43.7 Å². The van der Waals surface area contributed by atoms with E-state index in [1.54, 1.807) is 19.2 Å². The first kappa shape index (κ1) is 27.1. The number of anilines is 2. The standard InChI is InChI=1S/C26H33Cl2N3O4/c1-4-5-7-12-31(2)13-8-6-9-14-34-26-22(33-3)11-10-18-21(15-23(32)35-25(18)26)30-24-19(27)16-29-17-20(24)28/h10-11,15-17H,4-9,12-14H2,1-3H3,(H,29,30). The van der Waals surface area contributed by atoms with E-state index in [-0.39, 0.29) is 0 Å². The number of unbranched alkanes of at least 4 members (excludes halogenated alkanes) is 4. The summed E-state index contributed by atoms with van der Waals surface area (Å²) in [6.07, 6.45) is 9.75. The summed E-state index contributed by atoms with van der Waals surface area (Å²) < 4.78 is 17.1. The summed E-state index contributed by atoms with van der Waals surface area (Å²) in [5.41, 5.74) is 0.708. The molecule has 0 spiro atoms. The zero-order valence-electron chi connectivity index (χ0n) is 20.5. The van der Waals surface area contributed by atoms with Crippen molar-refractivity contribution in [2.24, 2.45) is 0 Å². The number of nitrogens with one attached hydrogen (secondary N) is 1. The number of rotatable bonds is 14. The van der Waals surface area contributed by atoms with E-state index in [0.717, 1.165) is 32.4 Å². The van der Waals surface area contributed by atoms with Gasteiger partial charge in [-0.25, -0.2) is 4.79 Å². The van der Waals surface area contributed by atoms with Gasteiger partial charge in [0.25, 0.3) is 0 Å². The molecular weight excluding hydrogens is 489 g/mol. The first-order chi connectivity index (χ1) is 16.9. The molecule has 35 heavy (non-hydrogen) atoms. The van der Waals surface area contributed by atoms with Gasteiger partial charge in [0.2, 0.25) is 5.75 Å². The number of fused-ring (bicyclic) bond motifs is 1. The maximum atomic E-state index is 12.4. The quantitative estimate of drug-likeness (QED) is 0.182. The molecule has 0 saturated heterocycles. The van der Waals surface area contributed by atoms with Crippen molar-refractivity contribution in [2.45, 2.75) is 45.4 Å². The smallest absolute Gasteiger partial charge is 0.338 e. The van der Waals surface area contributed by atoms with Crippen LogP contribution >= 0.6 is 23.2 Å². The lowest BCUT2D eigenvalue weighted by Crippen LogP contribution is -2.20. The molecule has 1 N–H and O–H groups in total. The Morgan fingerprint density at radius 2 is 1.77 bits per heavy atom. The molecule has 0 aliphatic carbocycles. The Morgan fingerprint density at radius 1 is 1.06 bits per heavy atom. The van der Waals surface area contributed by atoms with E-state index in [1.165, 1.54) is 37.7 Å². The number of ether oxygens (including phenoxy) is 2. The van der Waals surface area contributed by atoms with Gasteiger partial charge in [-0.3, -0.25) is 4.98 Å². The highest BCUT2D eigenvalue weighted by Gasteiger charge is 2.17. The maximum absolute atomic E-state index is 12.4. The second-order valence-corrected chi connectivity index (χ2v) is 9.29. The van der Waals surface area contributed by atoms with E-state index in [4.69, 9.17) is 37.1 Å². The topological polar surface area (TPSA) is 76.8 Å². The van der Waals surface area contributed by atoms with Gasteiger partial charge in [-0.1, -0.05) is 43.0 Å². The molecule has 9 heteroatoms. The van der Waals surface area contributed by atoms with Crippen LogP contribution in [0, 0.1) is 0 Å². The number of methoxy groups -OCH3 is 1. The summed E-state index contributed by atoms with van der Waals surface area (Å²) in [4.78, 5) is 18.7. The summed E-state index contributed by atoms with van der Waals surface area (Å²) in [7, 11) is 3.73. The maximum Gasteiger partial charge on any atom is 0.338 e. The van der Waals surface area contributed by atoms with Crippen LogP contribution in [0.4, 0.5) is 11.4 Å². The number of aromatic nitrogens is 1. The number of hydrogen-bond acceptors (Lipinski definition) is 7. The van der Waals surface area contributed by atoms with Crippen LogP contribution in [0.25, 0.3) is 11.0 Å². The Kier molecular flexibility index (Phi) is 10.5. The molecule has 190 valence electrons. The SMILES string of the molecule is CCCCCN(C)CCCCCOc1c(OC)ccc2c(Nc3c(Cl)cncc3Cl)cc(=O)oc12. The number of benzene rings is 1. The lowest BCUT2D eigenvalue weighted by molar-refractivity contribution is 0.274. The summed E-state index contributed by atoms with van der Waals surface area (Å²) >= 11 is 12.5. The molecule has 1 aromatic carbocycles. The van der Waals surface area contributed by atoms with Crippen molar-refractivity contribution in [1.82, 2.24) is 9.88 Å². The van der Waals surface area contributed by atoms with Crippen molar-refractivity contribution >= 4 is 45.5 Å². The Bertz CT molecular complexity index is 1150. The van der Waals surface area contributed by atoms with Crippen LogP contribution in [0.15, 0.2) is 39.8 Å². The Balaban J connectivity index is 1.71. The van der Waals surface area contributed by atoms with Crippen LogP contribution in [-0.2, 0) is 0 Å². The van der Waals surface area contributed by atoms with Gasteiger partial charge in [0.15, 0.2) is 11.3 Å². The van der Waals surface area contributed by atoms with Crippen LogP contribution in [0.5, 0.6) is 11.5 Å². The molecule has 0 amide bonds. The van der Waals surface area contributed by atoms with Crippen molar-refractivity contribution in [3.8, 4) is 11.5 Å². The van der Waals surface area contributed by atoms with E-state index >= 15 is 0 Å². The fourth-order valence-corrected chi connectivity index (χ4v) is 4.29. The molecule has 0 fully saturated rings. The molecule has 7 nitrogen and oxygen atoms in total. The van der Waals surface area contributed by atoms with E-state index in [9.17, 15) is 4.79 Å². The average molecular weight is 522 g/mol. The second-order valence-electron chi connectivity index (χ2n) is 8.48. The highest BCUT2D eigenvalue weighted by molar-refractivity contribution is 6.39. The van der Waals surface area contributed by atoms with Gasteiger partial charge in [-0.15, -0.1) is 0 Å². The van der Waals surface area contributed by atoms with Crippen molar-refractivity contribution in [2.75, 3.05) is 39.2 Å². The number of nitrogens with zero attached hydrogens (tertiary/aromatic N) is 2. The van der Waals surface area contributed by atoms with Gasteiger partial charge in [0, 0.05) is 23.8 Å². The molecule has 2 heterocycles. The molecule has 0 atom stereocenters. The predicted octanol–water partition coefficient (Wildman–Crippen LogP) is 6.92. The lowest BCUT2D eigenvalue weighted by Gasteiger charge is -2.17. The van der Waals surface area contributed by atoms with Gasteiger partial charge in [-0.2, -0.15) is 0 Å². The molecule has 0 aliphatic heterocycles. The Morgan fingerprint density at radius 3 is 2.46 bits per heavy atom. The number of pyridine rings is 1. The summed E-state index contributed by atoms with van der Waals surface area (Å²) in [6.45, 7) is 4.92. The van der Waals surface area contributed by atoms with Crippen molar-refractivity contribution in [3.63, 3.8) is 0 Å². The van der Waals surface area contributed by atoms with Gasteiger partial charge >= 0.3 is 5.63 Å². The zero-order chi connectivity index (χ0) is 25.2. The summed E-state index contributed by atoms with van der Waals surface area (Å²) in [6, 6.07) is 4.93. The third-order valence-corrected chi connectivity index (χ3v) is 6.31. The van der Waals surface area contributed by atoms with Crippen molar-refractivity contribution < 1.29 is 13.9 Å². The predicted molar refractivity (Wildman–Crippen MR) is 143 cm³/mol. The molecule has 0 radical (unpaired) electrons. The van der Waals surface area contributed by atoms with Gasteiger partial charge in [-0.05, 0) is 58.0 Å². The fourth-order valence-electron chi connectivity index (χ4n) is 3.83. The molecule has 0 aliphatic rings. The molecule has 3 rings (SSSR count). The Labute approximate surface area is 216 Å². The third kappa shape index (κ3) is 7.50. The zero-order valence-corrected chi connectivity index (χ0v) is 22.0. The first-order valence-corrected chi connectivity index (χ1v) is 12.7. The molecule has 2 aromatic heterocycles. The summed E-state index contributed by atoms with van der Waals surface area (Å²) in [5, 5.41) is 4.44. The largest absolute Gasteiger partial charge is 0.493 e. The highest BCUT2D eigenvalue weighted by atomic mass is 35.5. The van der Waals surface area contributed by atoms with E-state index in [2.05, 4.69) is 29.2 Å². The molecular formula is C26H33Cl2N3O4. The molecule has 0 unspecified atom stereocenters. The molecule has 0 bridgehead atoms. The highest BCUT2D eigenvalue weighted by Crippen LogP contribution is 2.40. The van der Waals surface area contributed by atoms with E-state index < -0.39 is 5.63 Å². The monoisotopic (exact) mass is 521 g/mol. The van der Waals surface area contributed by atoms with Crippen LogP contribution < -0.4 is 20.4 Å². The molecule has 0 saturated carbocycles. The van der Waals surface area contributed by atoms with Gasteiger partial charge in [0.05, 0.1) is 35.1 Å². The number of hydrogen-bond donors (Lipinski definition) is 1. The van der Waals surface area contributed by atoms with Crippen molar-refractivity contribution in [1.29, 1.82) is 0 Å². The minimum absolute atomic E-state index is 0.302. The van der Waals surface area contributed by atoms with Crippen LogP contribution in [0.1, 0.15) is 45.4 Å². The van der Waals surface area contributed by atoms with Crippen molar-refractivity contribution in [3.05, 3.63) is 51.1 Å². The van der Waals surface area contributed by atoms with Crippen LogP contribution in [0.3, 0.4) is 0 Å². The fraction of sp³-hybridized carbons (Fsp3) is 0.462. The summed E-state index contributed by atoms with van der Waals surface area (Å²) in [5.74, 6) is 0.891. The molecule has 3 aromatic rings. The minimum atomic E-state index is -0.537. The lowest BCUT2D eigenvalue weighted by atomic mass is 10.1. The first-order valence-electron chi connectivity index (χ1n) is 12.0. The van der Waals surface area contributed by atoms with E-state index in [1.807, 2.05) is 0 Å². The van der Waals surface area contributed by atoms with E-state index in [0.29, 0.717) is 50.5 Å². The second kappa shape index (κ2) is 13.6. The van der Waals surface area contributed by atoms with Crippen LogP contribution in [0.2, 0.25) is 10.0 Å². The Hall–Kier alpha value is -2.48. The van der Waals surface area contributed by atoms with Gasteiger partial charge in [0.1, 0.15) is 0 Å². The minimum Gasteiger partial charge on any atom is -0.493 e. The average Bonchev–Trinajstić information content (AvgIpc) is 2.83. The normalized spacial score (nSPS) is 11.3. The third-order valence-electron chi connectivity index (χ3n) is 5.74.